The first-order chi connectivity index (χ1) is 13.8. The van der Waals surface area contributed by atoms with E-state index < -0.39 is 30.4 Å². The first kappa shape index (κ1) is 24.6. The SMILES string of the molecule is BCNC(=S)[C@H](Cc1ccccc1)NC(=O)CN(CCC)C(=O)[C@@H](N)CC(=O)O. The molecule has 10 heteroatoms. The fourth-order valence-electron chi connectivity index (χ4n) is 2.82. The van der Waals surface area contributed by atoms with Crippen LogP contribution in [0.4, 0.5) is 0 Å². The van der Waals surface area contributed by atoms with Crippen LogP contribution in [0, 0.1) is 0 Å². The van der Waals surface area contributed by atoms with Crippen LogP contribution in [0.25, 0.3) is 0 Å². The third-order valence-corrected chi connectivity index (χ3v) is 4.57. The highest BCUT2D eigenvalue weighted by Gasteiger charge is 2.26. The van der Waals surface area contributed by atoms with Crippen LogP contribution in [0.5, 0.6) is 0 Å². The van der Waals surface area contributed by atoms with Gasteiger partial charge in [-0.2, -0.15) is 0 Å². The van der Waals surface area contributed by atoms with Gasteiger partial charge in [0.1, 0.15) is 7.85 Å². The van der Waals surface area contributed by atoms with Crippen LogP contribution in [0.15, 0.2) is 30.3 Å². The van der Waals surface area contributed by atoms with E-state index in [0.717, 1.165) is 5.56 Å². The van der Waals surface area contributed by atoms with Crippen LogP contribution in [0.1, 0.15) is 25.3 Å². The molecule has 0 radical (unpaired) electrons. The van der Waals surface area contributed by atoms with E-state index in [-0.39, 0.29) is 12.5 Å². The highest BCUT2D eigenvalue weighted by molar-refractivity contribution is 7.80. The van der Waals surface area contributed by atoms with Gasteiger partial charge in [0.05, 0.1) is 30.0 Å². The van der Waals surface area contributed by atoms with Crippen molar-refractivity contribution in [3.63, 3.8) is 0 Å². The minimum absolute atomic E-state index is 0.208. The predicted octanol–water partition coefficient (Wildman–Crippen LogP) is -0.738. The Hall–Kier alpha value is -2.46. The van der Waals surface area contributed by atoms with E-state index in [2.05, 4.69) is 10.6 Å². The molecule has 8 nitrogen and oxygen atoms in total. The number of carbonyl (C=O) groups excluding carboxylic acids is 2. The minimum Gasteiger partial charge on any atom is -0.481 e. The molecule has 0 spiro atoms. The highest BCUT2D eigenvalue weighted by atomic mass is 32.1. The summed E-state index contributed by atoms with van der Waals surface area (Å²) in [5.41, 5.74) is 6.70. The number of amides is 2. The molecule has 0 heterocycles. The lowest BCUT2D eigenvalue weighted by atomic mass is 10.0. The zero-order valence-electron chi connectivity index (χ0n) is 16.9. The molecule has 0 saturated carbocycles. The van der Waals surface area contributed by atoms with Gasteiger partial charge in [0, 0.05) is 6.54 Å². The molecule has 0 aromatic heterocycles. The molecule has 0 aliphatic carbocycles. The molecule has 0 fully saturated rings. The van der Waals surface area contributed by atoms with Crippen LogP contribution in [0.2, 0.25) is 0 Å². The maximum absolute atomic E-state index is 12.6. The molecule has 158 valence electrons. The number of rotatable bonds is 12. The summed E-state index contributed by atoms with van der Waals surface area (Å²) < 4.78 is 0. The van der Waals surface area contributed by atoms with Crippen molar-refractivity contribution in [3.05, 3.63) is 35.9 Å². The average molecular weight is 420 g/mol. The molecule has 0 bridgehead atoms. The number of carboxylic acid groups (broad SMARTS) is 1. The molecule has 0 aliphatic heterocycles. The van der Waals surface area contributed by atoms with Crippen LogP contribution < -0.4 is 16.4 Å². The normalized spacial score (nSPS) is 12.5. The Labute approximate surface area is 177 Å². The standard InChI is InChI=1S/C19H29BN4O4S/c1-2-8-24(19(28)14(21)10-17(26)27)11-16(25)23-15(18(29)22-12-20)9-13-6-4-3-5-7-13/h3-7,14-15H,2,8-12,20-21H2,1H3,(H,22,29)(H,23,25)(H,26,27)/t14-,15-/m0/s1. The fraction of sp³-hybridized carbons (Fsp3) is 0.474. The maximum Gasteiger partial charge on any atom is 0.305 e. The van der Waals surface area contributed by atoms with Crippen molar-refractivity contribution in [3.8, 4) is 0 Å². The Bertz CT molecular complexity index is 705. The Balaban J connectivity index is 2.83. The monoisotopic (exact) mass is 420 g/mol. The zero-order chi connectivity index (χ0) is 21.8. The average Bonchev–Trinajstić information content (AvgIpc) is 2.67. The van der Waals surface area contributed by atoms with E-state index in [4.69, 9.17) is 23.1 Å². The number of carboxylic acids is 1. The zero-order valence-corrected chi connectivity index (χ0v) is 17.7. The summed E-state index contributed by atoms with van der Waals surface area (Å²) in [6, 6.07) is 8.03. The van der Waals surface area contributed by atoms with Gasteiger partial charge in [-0.1, -0.05) is 49.5 Å². The quantitative estimate of drug-likeness (QED) is 0.259. The summed E-state index contributed by atoms with van der Waals surface area (Å²) in [6.07, 6.45) is 1.27. The van der Waals surface area contributed by atoms with Crippen molar-refractivity contribution in [1.29, 1.82) is 0 Å². The highest BCUT2D eigenvalue weighted by Crippen LogP contribution is 2.05. The summed E-state index contributed by atoms with van der Waals surface area (Å²) in [6.45, 7) is 1.96. The molecule has 1 aromatic rings. The van der Waals surface area contributed by atoms with Crippen molar-refractivity contribution >= 4 is 42.8 Å². The summed E-state index contributed by atoms with van der Waals surface area (Å²) >= 11 is 5.41. The van der Waals surface area contributed by atoms with E-state index in [1.165, 1.54) is 4.90 Å². The second kappa shape index (κ2) is 12.9. The molecule has 0 aliphatic rings. The Morgan fingerprint density at radius 3 is 2.48 bits per heavy atom. The first-order valence-electron chi connectivity index (χ1n) is 9.65. The number of benzene rings is 1. The molecular formula is C19H29BN4O4S. The van der Waals surface area contributed by atoms with Crippen LogP contribution in [-0.2, 0) is 20.8 Å². The molecule has 2 atom stereocenters. The maximum atomic E-state index is 12.6. The van der Waals surface area contributed by atoms with Crippen LogP contribution in [0.3, 0.4) is 0 Å². The van der Waals surface area contributed by atoms with Gasteiger partial charge in [-0.3, -0.25) is 14.4 Å². The van der Waals surface area contributed by atoms with E-state index in [1.807, 2.05) is 45.1 Å². The summed E-state index contributed by atoms with van der Waals surface area (Å²) in [5, 5.41) is 14.8. The van der Waals surface area contributed by atoms with Gasteiger partial charge >= 0.3 is 5.97 Å². The van der Waals surface area contributed by atoms with Crippen LogP contribution in [-0.4, -0.2) is 72.2 Å². The van der Waals surface area contributed by atoms with E-state index in [9.17, 15) is 14.4 Å². The second-order valence-electron chi connectivity index (χ2n) is 6.67. The van der Waals surface area contributed by atoms with Gasteiger partial charge in [-0.15, -0.1) is 0 Å². The summed E-state index contributed by atoms with van der Waals surface area (Å²) in [7, 11) is 1.92. The summed E-state index contributed by atoms with van der Waals surface area (Å²) in [4.78, 5) is 37.7. The Kier molecular flexibility index (Phi) is 10.9. The predicted molar refractivity (Wildman–Crippen MR) is 118 cm³/mol. The summed E-state index contributed by atoms with van der Waals surface area (Å²) in [5.74, 6) is -2.10. The van der Waals surface area contributed by atoms with Crippen molar-refractivity contribution in [2.75, 3.05) is 19.5 Å². The van der Waals surface area contributed by atoms with Gasteiger partial charge in [-0.05, 0) is 24.8 Å². The van der Waals surface area contributed by atoms with Gasteiger partial charge in [0.2, 0.25) is 11.8 Å². The van der Waals surface area contributed by atoms with Crippen molar-refractivity contribution in [1.82, 2.24) is 15.5 Å². The molecule has 5 N–H and O–H groups in total. The van der Waals surface area contributed by atoms with E-state index >= 15 is 0 Å². The number of hydrogen-bond donors (Lipinski definition) is 4. The molecule has 1 rings (SSSR count). The fourth-order valence-corrected chi connectivity index (χ4v) is 3.10. The number of thiocarbonyl (C=S) groups is 1. The molecular weight excluding hydrogens is 391 g/mol. The van der Waals surface area contributed by atoms with Gasteiger partial charge in [-0.25, -0.2) is 0 Å². The Morgan fingerprint density at radius 1 is 1.28 bits per heavy atom. The number of nitrogens with two attached hydrogens (primary N) is 1. The number of nitrogens with one attached hydrogen (secondary N) is 2. The molecule has 0 saturated heterocycles. The van der Waals surface area contributed by atoms with Crippen molar-refractivity contribution in [2.24, 2.45) is 5.73 Å². The third kappa shape index (κ3) is 9.06. The lowest BCUT2D eigenvalue weighted by Crippen LogP contribution is -2.53. The number of carbonyl (C=O) groups is 3. The smallest absolute Gasteiger partial charge is 0.305 e. The second-order valence-corrected chi connectivity index (χ2v) is 7.11. The van der Waals surface area contributed by atoms with E-state index in [0.29, 0.717) is 30.8 Å². The molecule has 29 heavy (non-hydrogen) atoms. The van der Waals surface area contributed by atoms with Crippen LogP contribution >= 0.6 is 12.2 Å². The lowest BCUT2D eigenvalue weighted by molar-refractivity contribution is -0.142. The van der Waals surface area contributed by atoms with Gasteiger partial charge in [0.15, 0.2) is 0 Å². The topological polar surface area (TPSA) is 125 Å². The van der Waals surface area contributed by atoms with Crippen molar-refractivity contribution < 1.29 is 19.5 Å². The number of hydrogen-bond acceptors (Lipinski definition) is 5. The largest absolute Gasteiger partial charge is 0.481 e. The van der Waals surface area contributed by atoms with Gasteiger partial charge in [0.25, 0.3) is 0 Å². The van der Waals surface area contributed by atoms with Gasteiger partial charge < -0.3 is 26.4 Å². The molecule has 1 aromatic carbocycles. The van der Waals surface area contributed by atoms with Crippen molar-refractivity contribution in [2.45, 2.75) is 38.3 Å². The first-order valence-corrected chi connectivity index (χ1v) is 10.1. The molecule has 2 amide bonds. The minimum atomic E-state index is -1.19. The Morgan fingerprint density at radius 2 is 1.93 bits per heavy atom. The third-order valence-electron chi connectivity index (χ3n) is 4.14. The number of aliphatic carboxylic acids is 1. The number of nitrogens with zero attached hydrogens (tertiary/aromatic N) is 1. The van der Waals surface area contributed by atoms with E-state index in [1.54, 1.807) is 0 Å². The lowest BCUT2D eigenvalue weighted by Gasteiger charge is -2.26. The molecule has 0 unspecified atom stereocenters.